The molecular weight excluding hydrogens is 276 g/mol. The topological polar surface area (TPSA) is 50.2 Å². The Kier molecular flexibility index (Phi) is 5.72. The maximum atomic E-state index is 11.9. The van der Waals surface area contributed by atoms with Crippen LogP contribution in [-0.2, 0) is 11.3 Å². The minimum atomic E-state index is 0.0623. The van der Waals surface area contributed by atoms with Crippen LogP contribution in [0.15, 0.2) is 42.7 Å². The van der Waals surface area contributed by atoms with Gasteiger partial charge in [0.1, 0.15) is 0 Å². The number of benzene rings is 1. The van der Waals surface area contributed by atoms with Crippen molar-refractivity contribution in [3.8, 4) is 5.69 Å². The second-order valence-electron chi connectivity index (χ2n) is 5.65. The average molecular weight is 300 g/mol. The van der Waals surface area contributed by atoms with Gasteiger partial charge in [-0.1, -0.05) is 25.1 Å². The molecule has 118 valence electrons. The summed E-state index contributed by atoms with van der Waals surface area (Å²) >= 11 is 0. The number of likely N-dealkylation sites (N-methyl/N-ethyl adjacent to an activating group) is 1. The fourth-order valence-electron chi connectivity index (χ4n) is 2.27. The zero-order chi connectivity index (χ0) is 15.9. The first kappa shape index (κ1) is 16.2. The molecule has 0 atom stereocenters. The van der Waals surface area contributed by atoms with Gasteiger partial charge in [-0.2, -0.15) is 5.10 Å². The summed E-state index contributed by atoms with van der Waals surface area (Å²) in [6.07, 6.45) is 3.87. The molecule has 1 aromatic heterocycles. The smallest absolute Gasteiger partial charge is 0.234 e. The van der Waals surface area contributed by atoms with Gasteiger partial charge in [-0.05, 0) is 32.5 Å². The lowest BCUT2D eigenvalue weighted by Gasteiger charge is -2.19. The molecule has 1 heterocycles. The van der Waals surface area contributed by atoms with E-state index in [2.05, 4.69) is 22.2 Å². The van der Waals surface area contributed by atoms with E-state index < -0.39 is 0 Å². The highest BCUT2D eigenvalue weighted by Crippen LogP contribution is 2.09. The molecule has 0 spiro atoms. The van der Waals surface area contributed by atoms with Gasteiger partial charge in [0.25, 0.3) is 0 Å². The molecule has 0 bridgehead atoms. The molecule has 0 fully saturated rings. The van der Waals surface area contributed by atoms with E-state index in [-0.39, 0.29) is 11.9 Å². The second-order valence-corrected chi connectivity index (χ2v) is 5.65. The highest BCUT2D eigenvalue weighted by Gasteiger charge is 2.11. The Hall–Kier alpha value is -2.14. The molecule has 1 aromatic carbocycles. The Morgan fingerprint density at radius 3 is 2.68 bits per heavy atom. The van der Waals surface area contributed by atoms with Crippen molar-refractivity contribution < 1.29 is 4.79 Å². The van der Waals surface area contributed by atoms with Crippen LogP contribution in [-0.4, -0.2) is 39.7 Å². The van der Waals surface area contributed by atoms with E-state index in [4.69, 9.17) is 0 Å². The van der Waals surface area contributed by atoms with Crippen LogP contribution in [0.5, 0.6) is 0 Å². The minimum Gasteiger partial charge on any atom is -0.353 e. The molecular formula is C17H24N4O. The van der Waals surface area contributed by atoms with Crippen LogP contribution in [0.3, 0.4) is 0 Å². The summed E-state index contributed by atoms with van der Waals surface area (Å²) < 4.78 is 1.86. The van der Waals surface area contributed by atoms with Gasteiger partial charge >= 0.3 is 0 Å². The first-order valence-electron chi connectivity index (χ1n) is 7.69. The van der Waals surface area contributed by atoms with Crippen molar-refractivity contribution in [1.29, 1.82) is 0 Å². The Labute approximate surface area is 131 Å². The molecule has 2 rings (SSSR count). The first-order chi connectivity index (χ1) is 10.6. The molecule has 0 unspecified atom stereocenters. The van der Waals surface area contributed by atoms with Crippen LogP contribution in [0.25, 0.3) is 5.69 Å². The molecule has 0 aliphatic heterocycles. The number of nitrogens with zero attached hydrogens (tertiary/aromatic N) is 3. The molecule has 0 aliphatic carbocycles. The summed E-state index contributed by atoms with van der Waals surface area (Å²) in [7, 11) is 0. The third-order valence-electron chi connectivity index (χ3n) is 3.33. The summed E-state index contributed by atoms with van der Waals surface area (Å²) in [6.45, 7) is 7.95. The maximum Gasteiger partial charge on any atom is 0.234 e. The summed E-state index contributed by atoms with van der Waals surface area (Å²) in [5.74, 6) is 0.0623. The molecule has 0 radical (unpaired) electrons. The van der Waals surface area contributed by atoms with Crippen LogP contribution in [0.2, 0.25) is 0 Å². The minimum absolute atomic E-state index is 0.0623. The fourth-order valence-corrected chi connectivity index (χ4v) is 2.27. The Balaban J connectivity index is 1.97. The third-order valence-corrected chi connectivity index (χ3v) is 3.33. The Bertz CT molecular complexity index is 592. The zero-order valence-electron chi connectivity index (χ0n) is 13.5. The lowest BCUT2D eigenvalue weighted by Crippen LogP contribution is -2.39. The quantitative estimate of drug-likeness (QED) is 0.853. The lowest BCUT2D eigenvalue weighted by atomic mass is 10.3. The van der Waals surface area contributed by atoms with Gasteiger partial charge < -0.3 is 5.32 Å². The molecule has 0 saturated carbocycles. The van der Waals surface area contributed by atoms with Crippen molar-refractivity contribution in [1.82, 2.24) is 20.0 Å². The van der Waals surface area contributed by atoms with Gasteiger partial charge in [-0.3, -0.25) is 9.69 Å². The van der Waals surface area contributed by atoms with Crippen molar-refractivity contribution in [2.45, 2.75) is 33.4 Å². The Morgan fingerprint density at radius 2 is 2.05 bits per heavy atom. The standard InChI is InChI=1S/C17H24N4O/c1-4-20(13-17(22)19-14(2)3)11-15-10-18-21(12-15)16-8-6-5-7-9-16/h5-10,12,14H,4,11,13H2,1-3H3,(H,19,22). The monoisotopic (exact) mass is 300 g/mol. The number of aromatic nitrogens is 2. The van der Waals surface area contributed by atoms with E-state index in [1.807, 2.05) is 61.3 Å². The normalized spacial score (nSPS) is 11.1. The second kappa shape index (κ2) is 7.75. The number of hydrogen-bond acceptors (Lipinski definition) is 3. The number of para-hydroxylation sites is 1. The van der Waals surface area contributed by atoms with E-state index in [1.54, 1.807) is 0 Å². The van der Waals surface area contributed by atoms with E-state index in [0.717, 1.165) is 24.3 Å². The predicted molar refractivity (Wildman–Crippen MR) is 87.8 cm³/mol. The van der Waals surface area contributed by atoms with Gasteiger partial charge in [0.15, 0.2) is 0 Å². The van der Waals surface area contributed by atoms with Crippen LogP contribution in [0.1, 0.15) is 26.3 Å². The number of carbonyl (C=O) groups excluding carboxylic acids is 1. The summed E-state index contributed by atoms with van der Waals surface area (Å²) in [5, 5.41) is 7.31. The van der Waals surface area contributed by atoms with Crippen molar-refractivity contribution in [2.24, 2.45) is 0 Å². The number of carbonyl (C=O) groups is 1. The fraction of sp³-hybridized carbons (Fsp3) is 0.412. The largest absolute Gasteiger partial charge is 0.353 e. The van der Waals surface area contributed by atoms with Crippen LogP contribution >= 0.6 is 0 Å². The molecule has 1 N–H and O–H groups in total. The van der Waals surface area contributed by atoms with Crippen molar-refractivity contribution in [2.75, 3.05) is 13.1 Å². The number of rotatable bonds is 7. The zero-order valence-corrected chi connectivity index (χ0v) is 13.5. The van der Waals surface area contributed by atoms with E-state index >= 15 is 0 Å². The molecule has 0 aliphatic rings. The van der Waals surface area contributed by atoms with Crippen molar-refractivity contribution >= 4 is 5.91 Å². The molecule has 5 heteroatoms. The summed E-state index contributed by atoms with van der Waals surface area (Å²) in [6, 6.07) is 10.2. The van der Waals surface area contributed by atoms with Gasteiger partial charge in [0.05, 0.1) is 18.4 Å². The number of amides is 1. The van der Waals surface area contributed by atoms with E-state index in [1.165, 1.54) is 0 Å². The predicted octanol–water partition coefficient (Wildman–Crippen LogP) is 2.22. The molecule has 22 heavy (non-hydrogen) atoms. The number of hydrogen-bond donors (Lipinski definition) is 1. The van der Waals surface area contributed by atoms with Gasteiger partial charge in [0, 0.05) is 24.3 Å². The van der Waals surface area contributed by atoms with Gasteiger partial charge in [-0.25, -0.2) is 4.68 Å². The van der Waals surface area contributed by atoms with E-state index in [9.17, 15) is 4.79 Å². The van der Waals surface area contributed by atoms with Crippen LogP contribution in [0.4, 0.5) is 0 Å². The SMILES string of the molecule is CCN(CC(=O)NC(C)C)Cc1cnn(-c2ccccc2)c1. The summed E-state index contributed by atoms with van der Waals surface area (Å²) in [4.78, 5) is 14.0. The van der Waals surface area contributed by atoms with E-state index in [0.29, 0.717) is 6.54 Å². The molecule has 0 saturated heterocycles. The van der Waals surface area contributed by atoms with Crippen molar-refractivity contribution in [3.63, 3.8) is 0 Å². The maximum absolute atomic E-state index is 11.9. The third kappa shape index (κ3) is 4.70. The highest BCUT2D eigenvalue weighted by molar-refractivity contribution is 5.78. The van der Waals surface area contributed by atoms with Gasteiger partial charge in [0.2, 0.25) is 5.91 Å². The van der Waals surface area contributed by atoms with Crippen molar-refractivity contribution in [3.05, 3.63) is 48.3 Å². The Morgan fingerprint density at radius 1 is 1.32 bits per heavy atom. The van der Waals surface area contributed by atoms with Crippen LogP contribution < -0.4 is 5.32 Å². The lowest BCUT2D eigenvalue weighted by molar-refractivity contribution is -0.122. The van der Waals surface area contributed by atoms with Gasteiger partial charge in [-0.15, -0.1) is 0 Å². The molecule has 1 amide bonds. The summed E-state index contributed by atoms with van der Waals surface area (Å²) in [5.41, 5.74) is 2.14. The first-order valence-corrected chi connectivity index (χ1v) is 7.69. The average Bonchev–Trinajstić information content (AvgIpc) is 2.95. The molecule has 5 nitrogen and oxygen atoms in total. The van der Waals surface area contributed by atoms with Crippen LogP contribution in [0, 0.1) is 0 Å². The number of nitrogens with one attached hydrogen (secondary N) is 1. The highest BCUT2D eigenvalue weighted by atomic mass is 16.2. The molecule has 2 aromatic rings.